The van der Waals surface area contributed by atoms with E-state index in [0.717, 1.165) is 31.2 Å². The zero-order valence-corrected chi connectivity index (χ0v) is 15.5. The van der Waals surface area contributed by atoms with Crippen molar-refractivity contribution in [2.45, 2.75) is 65.2 Å². The molecule has 0 aliphatic rings. The first kappa shape index (κ1) is 19.2. The van der Waals surface area contributed by atoms with Crippen molar-refractivity contribution < 1.29 is 9.36 Å². The van der Waals surface area contributed by atoms with Gasteiger partial charge in [-0.05, 0) is 31.7 Å². The van der Waals surface area contributed by atoms with Crippen LogP contribution in [0, 0.1) is 0 Å². The second kappa shape index (κ2) is 8.67. The Morgan fingerprint density at radius 3 is 1.91 bits per heavy atom. The van der Waals surface area contributed by atoms with Gasteiger partial charge < -0.3 is 4.57 Å². The zero-order valence-electron chi connectivity index (χ0n) is 14.6. The normalized spacial score (nSPS) is 14.5. The van der Waals surface area contributed by atoms with E-state index in [0.29, 0.717) is 18.7 Å². The molecular formula is C19H31O2P. The van der Waals surface area contributed by atoms with Gasteiger partial charge in [0.25, 0.3) is 0 Å². The molecule has 0 N–H and O–H groups in total. The van der Waals surface area contributed by atoms with Crippen LogP contribution in [-0.4, -0.2) is 17.8 Å². The van der Waals surface area contributed by atoms with Gasteiger partial charge in [0.2, 0.25) is 5.52 Å². The summed E-state index contributed by atoms with van der Waals surface area (Å²) in [6, 6.07) is 9.85. The molecule has 2 nitrogen and oxygen atoms in total. The number of unbranched alkanes of at least 4 members (excludes halogenated alkanes) is 2. The van der Waals surface area contributed by atoms with E-state index < -0.39 is 12.6 Å². The van der Waals surface area contributed by atoms with Crippen molar-refractivity contribution in [1.82, 2.24) is 0 Å². The van der Waals surface area contributed by atoms with Crippen LogP contribution in [0.1, 0.15) is 65.4 Å². The second-order valence-corrected chi connectivity index (χ2v) is 9.48. The lowest BCUT2D eigenvalue weighted by Crippen LogP contribution is -2.33. The summed E-state index contributed by atoms with van der Waals surface area (Å²) in [6.07, 6.45) is 5.56. The summed E-state index contributed by atoms with van der Waals surface area (Å²) in [5.74, 6) is 0. The summed E-state index contributed by atoms with van der Waals surface area (Å²) in [6.45, 7) is 8.17. The predicted molar refractivity (Wildman–Crippen MR) is 96.2 cm³/mol. The van der Waals surface area contributed by atoms with Crippen molar-refractivity contribution in [2.75, 3.05) is 12.3 Å². The van der Waals surface area contributed by atoms with Crippen LogP contribution in [0.5, 0.6) is 0 Å². The Morgan fingerprint density at radius 2 is 1.50 bits per heavy atom. The Hall–Kier alpha value is -0.880. The summed E-state index contributed by atoms with van der Waals surface area (Å²) in [4.78, 5) is 13.3. The largest absolute Gasteiger partial charge is 0.316 e. The van der Waals surface area contributed by atoms with Gasteiger partial charge in [0.1, 0.15) is 0 Å². The van der Waals surface area contributed by atoms with Crippen LogP contribution in [0.15, 0.2) is 30.3 Å². The van der Waals surface area contributed by atoms with Gasteiger partial charge in [-0.15, -0.1) is 0 Å². The third kappa shape index (κ3) is 4.32. The van der Waals surface area contributed by atoms with E-state index in [9.17, 15) is 9.36 Å². The Labute approximate surface area is 136 Å². The highest BCUT2D eigenvalue weighted by Crippen LogP contribution is 2.54. The lowest BCUT2D eigenvalue weighted by atomic mass is 9.81. The molecule has 0 saturated carbocycles. The molecule has 124 valence electrons. The first-order chi connectivity index (χ1) is 10.4. The lowest BCUT2D eigenvalue weighted by molar-refractivity contribution is -0.116. The third-order valence-corrected chi connectivity index (χ3v) is 8.02. The van der Waals surface area contributed by atoms with Crippen molar-refractivity contribution >= 4 is 12.7 Å². The number of hydrogen-bond acceptors (Lipinski definition) is 2. The van der Waals surface area contributed by atoms with Gasteiger partial charge in [-0.2, -0.15) is 0 Å². The second-order valence-electron chi connectivity index (χ2n) is 6.40. The molecule has 0 heterocycles. The van der Waals surface area contributed by atoms with Gasteiger partial charge in [0.15, 0.2) is 7.14 Å². The molecule has 22 heavy (non-hydrogen) atoms. The molecule has 0 aromatic heterocycles. The number of rotatable bonds is 10. The van der Waals surface area contributed by atoms with Crippen molar-refractivity contribution in [3.8, 4) is 0 Å². The molecule has 0 saturated heterocycles. The summed E-state index contributed by atoms with van der Waals surface area (Å²) in [5.41, 5.74) is 0.365. The summed E-state index contributed by atoms with van der Waals surface area (Å²) >= 11 is 0. The number of carbonyl (C=O) groups is 1. The fraction of sp³-hybridized carbons (Fsp3) is 0.632. The Bertz CT molecular complexity index is 497. The first-order valence-corrected chi connectivity index (χ1v) is 10.7. The minimum atomic E-state index is -2.79. The van der Waals surface area contributed by atoms with E-state index in [-0.39, 0.29) is 5.52 Å². The Kier molecular flexibility index (Phi) is 7.56. The van der Waals surface area contributed by atoms with Crippen LogP contribution in [0.25, 0.3) is 0 Å². The van der Waals surface area contributed by atoms with E-state index in [1.807, 2.05) is 44.2 Å². The molecule has 0 amide bonds. The average Bonchev–Trinajstić information content (AvgIpc) is 2.57. The Morgan fingerprint density at radius 1 is 1.00 bits per heavy atom. The smallest absolute Gasteiger partial charge is 0.201 e. The number of benzene rings is 1. The van der Waals surface area contributed by atoms with E-state index >= 15 is 0 Å². The average molecular weight is 322 g/mol. The van der Waals surface area contributed by atoms with E-state index in [4.69, 9.17) is 0 Å². The van der Waals surface area contributed by atoms with E-state index in [1.54, 1.807) is 0 Å². The highest BCUT2D eigenvalue weighted by Gasteiger charge is 2.43. The van der Waals surface area contributed by atoms with Gasteiger partial charge in [0.05, 0.1) is 5.41 Å². The minimum absolute atomic E-state index is 0.00407. The molecule has 1 aromatic rings. The quantitative estimate of drug-likeness (QED) is 0.507. The molecule has 0 aliphatic carbocycles. The molecule has 0 bridgehead atoms. The monoisotopic (exact) mass is 322 g/mol. The molecule has 0 fully saturated rings. The highest BCUT2D eigenvalue weighted by atomic mass is 31.2. The van der Waals surface area contributed by atoms with Crippen LogP contribution in [0.3, 0.4) is 0 Å². The van der Waals surface area contributed by atoms with Gasteiger partial charge in [-0.1, -0.05) is 63.9 Å². The van der Waals surface area contributed by atoms with Crippen molar-refractivity contribution in [3.63, 3.8) is 0 Å². The van der Waals surface area contributed by atoms with Gasteiger partial charge in [-0.3, -0.25) is 4.79 Å². The van der Waals surface area contributed by atoms with Gasteiger partial charge in [-0.25, -0.2) is 0 Å². The van der Waals surface area contributed by atoms with Crippen LogP contribution in [0.4, 0.5) is 0 Å². The van der Waals surface area contributed by atoms with Gasteiger partial charge in [0, 0.05) is 12.3 Å². The van der Waals surface area contributed by atoms with Crippen LogP contribution in [-0.2, 0) is 14.8 Å². The molecule has 1 atom stereocenters. The molecular weight excluding hydrogens is 291 g/mol. The zero-order chi connectivity index (χ0) is 16.6. The minimum Gasteiger partial charge on any atom is -0.316 e. The number of hydrogen-bond donors (Lipinski definition) is 0. The maximum absolute atomic E-state index is 13.5. The lowest BCUT2D eigenvalue weighted by Gasteiger charge is -2.31. The van der Waals surface area contributed by atoms with Crippen LogP contribution >= 0.6 is 7.14 Å². The van der Waals surface area contributed by atoms with E-state index in [1.165, 1.54) is 0 Å². The summed E-state index contributed by atoms with van der Waals surface area (Å²) in [7, 11) is -2.79. The SMILES string of the molecule is CCCCP(=O)(CCCC)C(=O)C(C)(CC)c1ccccc1. The van der Waals surface area contributed by atoms with Crippen molar-refractivity contribution in [1.29, 1.82) is 0 Å². The molecule has 0 radical (unpaired) electrons. The number of carbonyl (C=O) groups excluding carboxylic acids is 1. The summed E-state index contributed by atoms with van der Waals surface area (Å²) in [5, 5.41) is 0. The van der Waals surface area contributed by atoms with E-state index in [2.05, 4.69) is 13.8 Å². The Balaban J connectivity index is 3.16. The fourth-order valence-corrected chi connectivity index (χ4v) is 6.35. The third-order valence-electron chi connectivity index (χ3n) is 4.71. The molecule has 0 aliphatic heterocycles. The molecule has 1 aromatic carbocycles. The standard InChI is InChI=1S/C19H31O2P/c1-5-8-15-22(21,16-9-6-2)18(20)19(4,7-3)17-13-11-10-12-14-17/h10-14H,5-9,15-16H2,1-4H3. The molecule has 1 unspecified atom stereocenters. The topological polar surface area (TPSA) is 34.1 Å². The predicted octanol–water partition coefficient (Wildman–Crippen LogP) is 5.84. The van der Waals surface area contributed by atoms with Gasteiger partial charge >= 0.3 is 0 Å². The van der Waals surface area contributed by atoms with Crippen LogP contribution < -0.4 is 0 Å². The van der Waals surface area contributed by atoms with Crippen LogP contribution in [0.2, 0.25) is 0 Å². The highest BCUT2D eigenvalue weighted by molar-refractivity contribution is 7.80. The summed E-state index contributed by atoms with van der Waals surface area (Å²) < 4.78 is 13.5. The van der Waals surface area contributed by atoms with Crippen molar-refractivity contribution in [2.24, 2.45) is 0 Å². The maximum atomic E-state index is 13.5. The molecule has 1 rings (SSSR count). The maximum Gasteiger partial charge on any atom is 0.201 e. The fourth-order valence-electron chi connectivity index (χ4n) is 2.88. The van der Waals surface area contributed by atoms with Crippen molar-refractivity contribution in [3.05, 3.63) is 35.9 Å². The molecule has 0 spiro atoms. The molecule has 3 heteroatoms. The first-order valence-electron chi connectivity index (χ1n) is 8.63.